The molecule has 168 valence electrons. The molecule has 0 aliphatic carbocycles. The summed E-state index contributed by atoms with van der Waals surface area (Å²) < 4.78 is 84.6. The number of benzene rings is 2. The Morgan fingerprint density at radius 3 is 2.16 bits per heavy atom. The van der Waals surface area contributed by atoms with Gasteiger partial charge in [-0.2, -0.15) is 13.2 Å². The Morgan fingerprint density at radius 1 is 1.03 bits per heavy atom. The highest BCUT2D eigenvalue weighted by molar-refractivity contribution is 8.00. The molecular weight excluding hydrogens is 450 g/mol. The molecule has 0 bridgehead atoms. The normalized spacial score (nSPS) is 11.4. The number of alkyl halides is 3. The smallest absolute Gasteiger partial charge is 0.383 e. The molecule has 0 fully saturated rings. The Morgan fingerprint density at radius 2 is 1.65 bits per heavy atom. The average molecular weight is 466 g/mol. The van der Waals surface area contributed by atoms with Crippen LogP contribution in [-0.2, 0) is 4.74 Å². The van der Waals surface area contributed by atoms with E-state index < -0.39 is 69.4 Å². The summed E-state index contributed by atoms with van der Waals surface area (Å²) in [4.78, 5) is 26.2. The number of anilines is 1. The second kappa shape index (κ2) is 10.1. The van der Waals surface area contributed by atoms with Crippen LogP contribution < -0.4 is 4.90 Å². The highest BCUT2D eigenvalue weighted by Gasteiger charge is 2.32. The summed E-state index contributed by atoms with van der Waals surface area (Å²) in [6.07, 6.45) is 0. The van der Waals surface area contributed by atoms with E-state index in [1.807, 2.05) is 0 Å². The lowest BCUT2D eigenvalue weighted by molar-refractivity contribution is -0.0328. The van der Waals surface area contributed by atoms with Crippen LogP contribution in [0.25, 0.3) is 0 Å². The van der Waals surface area contributed by atoms with Crippen molar-refractivity contribution in [2.45, 2.75) is 10.4 Å². The molecule has 2 aromatic rings. The van der Waals surface area contributed by atoms with Crippen molar-refractivity contribution in [3.05, 3.63) is 59.4 Å². The van der Waals surface area contributed by atoms with Crippen LogP contribution in [0.2, 0.25) is 0 Å². The zero-order valence-corrected chi connectivity index (χ0v) is 17.0. The minimum absolute atomic E-state index is 0.189. The third-order valence-electron chi connectivity index (χ3n) is 3.97. The Labute approximate surface area is 177 Å². The number of imide groups is 1. The molecule has 0 saturated carbocycles. The van der Waals surface area contributed by atoms with Gasteiger partial charge in [-0.1, -0.05) is 6.07 Å². The van der Waals surface area contributed by atoms with Crippen molar-refractivity contribution in [3.8, 4) is 0 Å². The van der Waals surface area contributed by atoms with Crippen molar-refractivity contribution in [1.29, 1.82) is 0 Å². The molecule has 0 aromatic heterocycles. The van der Waals surface area contributed by atoms with Gasteiger partial charge in [-0.25, -0.2) is 18.0 Å². The van der Waals surface area contributed by atoms with Crippen molar-refractivity contribution in [3.63, 3.8) is 0 Å². The molecule has 0 aliphatic heterocycles. The van der Waals surface area contributed by atoms with Gasteiger partial charge in [0.2, 0.25) is 0 Å². The number of ether oxygens (including phenoxy) is 1. The van der Waals surface area contributed by atoms with E-state index in [9.17, 15) is 35.9 Å². The van der Waals surface area contributed by atoms with Gasteiger partial charge in [0, 0.05) is 19.1 Å². The van der Waals surface area contributed by atoms with Gasteiger partial charge in [-0.05, 0) is 42.1 Å². The van der Waals surface area contributed by atoms with E-state index in [1.54, 1.807) is 0 Å². The number of nitrogens with zero attached hydrogens (tertiary/aromatic N) is 2. The summed E-state index contributed by atoms with van der Waals surface area (Å²) >= 11 is -0.541. The molecule has 0 N–H and O–H groups in total. The molecule has 12 heteroatoms. The first-order valence-corrected chi connectivity index (χ1v) is 9.35. The summed E-state index contributed by atoms with van der Waals surface area (Å²) in [7, 11) is 2.32. The predicted molar refractivity (Wildman–Crippen MR) is 101 cm³/mol. The number of thioether (sulfide) groups is 1. The van der Waals surface area contributed by atoms with E-state index in [2.05, 4.69) is 0 Å². The van der Waals surface area contributed by atoms with Crippen LogP contribution in [0.4, 0.5) is 36.8 Å². The van der Waals surface area contributed by atoms with Gasteiger partial charge in [0.05, 0.1) is 18.8 Å². The second-order valence-electron chi connectivity index (χ2n) is 6.05. The maximum atomic E-state index is 14.4. The Bertz CT molecular complexity index is 950. The molecule has 31 heavy (non-hydrogen) atoms. The SMILES string of the molecule is COCCN(C(=O)c1c(F)cccc1F)C(=O)N(C)c1ccc(SC(F)(F)F)cc1F. The van der Waals surface area contributed by atoms with E-state index in [-0.39, 0.29) is 6.61 Å². The van der Waals surface area contributed by atoms with Gasteiger partial charge < -0.3 is 4.74 Å². The first-order chi connectivity index (χ1) is 14.5. The Hall–Kier alpha value is -2.73. The quantitative estimate of drug-likeness (QED) is 0.441. The number of halogens is 6. The largest absolute Gasteiger partial charge is 0.446 e. The number of carbonyl (C=O) groups is 2. The molecule has 0 aliphatic rings. The first kappa shape index (κ1) is 24.5. The zero-order chi connectivity index (χ0) is 23.3. The predicted octanol–water partition coefficient (Wildman–Crippen LogP) is 5.06. The Kier molecular flexibility index (Phi) is 7.96. The fourth-order valence-corrected chi connectivity index (χ4v) is 3.11. The van der Waals surface area contributed by atoms with Crippen molar-refractivity contribution < 1.29 is 40.7 Å². The van der Waals surface area contributed by atoms with Crippen LogP contribution in [0.5, 0.6) is 0 Å². The number of hydrogen-bond donors (Lipinski definition) is 0. The first-order valence-electron chi connectivity index (χ1n) is 8.54. The maximum absolute atomic E-state index is 14.4. The number of carbonyl (C=O) groups excluding carboxylic acids is 2. The van der Waals surface area contributed by atoms with Crippen LogP contribution in [0.1, 0.15) is 10.4 Å². The van der Waals surface area contributed by atoms with Crippen LogP contribution in [0.3, 0.4) is 0 Å². The van der Waals surface area contributed by atoms with E-state index in [0.29, 0.717) is 15.9 Å². The zero-order valence-electron chi connectivity index (χ0n) is 16.2. The highest BCUT2D eigenvalue weighted by atomic mass is 32.2. The monoisotopic (exact) mass is 466 g/mol. The summed E-state index contributed by atoms with van der Waals surface area (Å²) in [6.45, 7) is -0.610. The van der Waals surface area contributed by atoms with Crippen molar-refractivity contribution in [1.82, 2.24) is 4.90 Å². The lowest BCUT2D eigenvalue weighted by Gasteiger charge is -2.27. The van der Waals surface area contributed by atoms with Gasteiger partial charge in [0.1, 0.15) is 23.0 Å². The van der Waals surface area contributed by atoms with Crippen molar-refractivity contribution >= 4 is 29.4 Å². The van der Waals surface area contributed by atoms with Gasteiger partial charge >= 0.3 is 11.5 Å². The number of methoxy groups -OCH3 is 1. The molecule has 3 amide bonds. The lowest BCUT2D eigenvalue weighted by atomic mass is 10.1. The van der Waals surface area contributed by atoms with E-state index >= 15 is 0 Å². The van der Waals surface area contributed by atoms with Crippen molar-refractivity contribution in [2.24, 2.45) is 0 Å². The number of hydrogen-bond acceptors (Lipinski definition) is 4. The summed E-state index contributed by atoms with van der Waals surface area (Å²) in [5.74, 6) is -4.90. The molecule has 0 atom stereocenters. The number of rotatable bonds is 6. The third kappa shape index (κ3) is 6.14. The summed E-state index contributed by atoms with van der Waals surface area (Å²) in [5, 5.41) is 0. The van der Waals surface area contributed by atoms with Crippen molar-refractivity contribution in [2.75, 3.05) is 32.2 Å². The molecule has 5 nitrogen and oxygen atoms in total. The van der Waals surface area contributed by atoms with Gasteiger partial charge in [-0.15, -0.1) is 0 Å². The average Bonchev–Trinajstić information content (AvgIpc) is 2.66. The van der Waals surface area contributed by atoms with E-state index in [4.69, 9.17) is 4.74 Å². The molecule has 2 rings (SSSR count). The molecule has 0 radical (unpaired) electrons. The van der Waals surface area contributed by atoms with E-state index in [0.717, 1.165) is 37.4 Å². The molecule has 0 saturated heterocycles. The van der Waals surface area contributed by atoms with Crippen LogP contribution in [-0.4, -0.2) is 49.7 Å². The van der Waals surface area contributed by atoms with Gasteiger partial charge in [0.25, 0.3) is 5.91 Å². The third-order valence-corrected chi connectivity index (χ3v) is 4.69. The highest BCUT2D eigenvalue weighted by Crippen LogP contribution is 2.38. The topological polar surface area (TPSA) is 49.9 Å². The number of amides is 3. The fourth-order valence-electron chi connectivity index (χ4n) is 2.54. The van der Waals surface area contributed by atoms with Crippen LogP contribution in [0.15, 0.2) is 41.3 Å². The molecule has 0 spiro atoms. The minimum atomic E-state index is -4.64. The number of urea groups is 1. The second-order valence-corrected chi connectivity index (χ2v) is 7.19. The molecular formula is C19H16F6N2O3S. The maximum Gasteiger partial charge on any atom is 0.446 e. The Balaban J connectivity index is 2.36. The van der Waals surface area contributed by atoms with Crippen LogP contribution >= 0.6 is 11.8 Å². The fraction of sp³-hybridized carbons (Fsp3) is 0.263. The van der Waals surface area contributed by atoms with Crippen LogP contribution in [0, 0.1) is 17.5 Å². The molecule has 0 heterocycles. The van der Waals surface area contributed by atoms with Gasteiger partial charge in [-0.3, -0.25) is 14.6 Å². The minimum Gasteiger partial charge on any atom is -0.383 e. The standard InChI is InChI=1S/C19H16F6N2O3S/c1-26(15-7-6-11(10-14(15)22)31-19(23,24)25)18(29)27(8-9-30-2)17(28)16-12(20)4-3-5-13(16)21/h3-7,10H,8-9H2,1-2H3. The van der Waals surface area contributed by atoms with E-state index in [1.165, 1.54) is 7.11 Å². The molecule has 0 unspecified atom stereocenters. The van der Waals surface area contributed by atoms with Gasteiger partial charge in [0.15, 0.2) is 0 Å². The molecule has 2 aromatic carbocycles. The summed E-state index contributed by atoms with van der Waals surface area (Å²) in [6, 6.07) is 3.97. The summed E-state index contributed by atoms with van der Waals surface area (Å²) in [5.41, 5.74) is -6.07. The lowest BCUT2D eigenvalue weighted by Crippen LogP contribution is -2.47.